The average Bonchev–Trinajstić information content (AvgIpc) is 2.67. The van der Waals surface area contributed by atoms with Crippen molar-refractivity contribution in [3.8, 4) is 0 Å². The number of nitrogens with one attached hydrogen (secondary N) is 1. The first-order valence-electron chi connectivity index (χ1n) is 8.45. The van der Waals surface area contributed by atoms with Gasteiger partial charge in [0.25, 0.3) is 5.69 Å². The maximum atomic E-state index is 10.7. The lowest BCUT2D eigenvalue weighted by atomic mass is 9.98. The SMILES string of the molecule is O=[N+]([O-])c1ccc(CNc2cccnc2N2CCC(CO)CC2)cc1. The van der Waals surface area contributed by atoms with Crippen LogP contribution in [0.1, 0.15) is 18.4 Å². The lowest BCUT2D eigenvalue weighted by Gasteiger charge is -2.33. The van der Waals surface area contributed by atoms with E-state index in [0.717, 1.165) is 43.0 Å². The van der Waals surface area contributed by atoms with Gasteiger partial charge in [0.2, 0.25) is 0 Å². The number of non-ortho nitro benzene ring substituents is 1. The van der Waals surface area contributed by atoms with Gasteiger partial charge in [0.05, 0.1) is 10.6 Å². The van der Waals surface area contributed by atoms with Crippen molar-refractivity contribution in [2.45, 2.75) is 19.4 Å². The van der Waals surface area contributed by atoms with Crippen LogP contribution in [0.5, 0.6) is 0 Å². The average molecular weight is 342 g/mol. The Morgan fingerprint density at radius 3 is 2.60 bits per heavy atom. The zero-order chi connectivity index (χ0) is 17.6. The van der Waals surface area contributed by atoms with E-state index in [0.29, 0.717) is 12.5 Å². The number of hydrogen-bond acceptors (Lipinski definition) is 6. The summed E-state index contributed by atoms with van der Waals surface area (Å²) in [6, 6.07) is 10.4. The number of piperidine rings is 1. The van der Waals surface area contributed by atoms with E-state index in [4.69, 9.17) is 0 Å². The maximum absolute atomic E-state index is 10.7. The highest BCUT2D eigenvalue weighted by Crippen LogP contribution is 2.28. The van der Waals surface area contributed by atoms with E-state index in [1.54, 1.807) is 18.3 Å². The third kappa shape index (κ3) is 4.24. The smallest absolute Gasteiger partial charge is 0.269 e. The Morgan fingerprint density at radius 1 is 1.24 bits per heavy atom. The first-order valence-corrected chi connectivity index (χ1v) is 8.45. The summed E-state index contributed by atoms with van der Waals surface area (Å²) in [7, 11) is 0. The van der Waals surface area contributed by atoms with Gasteiger partial charge in [-0.3, -0.25) is 10.1 Å². The first kappa shape index (κ1) is 17.2. The molecule has 1 fully saturated rings. The molecule has 2 N–H and O–H groups in total. The zero-order valence-corrected chi connectivity index (χ0v) is 14.0. The molecular formula is C18H22N4O3. The monoisotopic (exact) mass is 342 g/mol. The van der Waals surface area contributed by atoms with Crippen LogP contribution in [0.25, 0.3) is 0 Å². The molecule has 0 aliphatic carbocycles. The van der Waals surface area contributed by atoms with Gasteiger partial charge in [-0.25, -0.2) is 4.98 Å². The van der Waals surface area contributed by atoms with E-state index >= 15 is 0 Å². The van der Waals surface area contributed by atoms with E-state index in [1.165, 1.54) is 12.1 Å². The van der Waals surface area contributed by atoms with Crippen molar-refractivity contribution in [1.82, 2.24) is 4.98 Å². The zero-order valence-electron chi connectivity index (χ0n) is 14.0. The quantitative estimate of drug-likeness (QED) is 0.619. The Bertz CT molecular complexity index is 713. The minimum absolute atomic E-state index is 0.0950. The number of anilines is 2. The van der Waals surface area contributed by atoms with E-state index < -0.39 is 4.92 Å². The van der Waals surface area contributed by atoms with Crippen LogP contribution < -0.4 is 10.2 Å². The Labute approximate surface area is 146 Å². The molecule has 7 heteroatoms. The minimum atomic E-state index is -0.396. The van der Waals surface area contributed by atoms with Crippen LogP contribution in [0.4, 0.5) is 17.2 Å². The number of nitro groups is 1. The third-order valence-corrected chi connectivity index (χ3v) is 4.59. The summed E-state index contributed by atoms with van der Waals surface area (Å²) in [5.74, 6) is 1.30. The number of aliphatic hydroxyl groups excluding tert-OH is 1. The van der Waals surface area contributed by atoms with Crippen molar-refractivity contribution in [3.05, 3.63) is 58.3 Å². The Kier molecular flexibility index (Phi) is 5.45. The predicted molar refractivity (Wildman–Crippen MR) is 96.7 cm³/mol. The van der Waals surface area contributed by atoms with Crippen molar-refractivity contribution in [3.63, 3.8) is 0 Å². The molecule has 132 valence electrons. The molecule has 0 spiro atoms. The van der Waals surface area contributed by atoms with Crippen LogP contribution in [0.3, 0.4) is 0 Å². The van der Waals surface area contributed by atoms with Crippen molar-refractivity contribution in [2.24, 2.45) is 5.92 Å². The van der Waals surface area contributed by atoms with Gasteiger partial charge >= 0.3 is 0 Å². The van der Waals surface area contributed by atoms with Crippen molar-refractivity contribution in [1.29, 1.82) is 0 Å². The van der Waals surface area contributed by atoms with Crippen LogP contribution in [0, 0.1) is 16.0 Å². The fourth-order valence-corrected chi connectivity index (χ4v) is 3.05. The molecule has 1 aromatic heterocycles. The second kappa shape index (κ2) is 7.94. The number of hydrogen-bond donors (Lipinski definition) is 2. The molecule has 25 heavy (non-hydrogen) atoms. The van der Waals surface area contributed by atoms with Crippen LogP contribution in [0.15, 0.2) is 42.6 Å². The molecular weight excluding hydrogens is 320 g/mol. The van der Waals surface area contributed by atoms with Crippen LogP contribution in [0.2, 0.25) is 0 Å². The summed E-state index contributed by atoms with van der Waals surface area (Å²) >= 11 is 0. The molecule has 0 radical (unpaired) electrons. The number of nitrogens with zero attached hydrogens (tertiary/aromatic N) is 3. The van der Waals surface area contributed by atoms with Crippen LogP contribution in [-0.2, 0) is 6.54 Å². The van der Waals surface area contributed by atoms with Crippen molar-refractivity contribution >= 4 is 17.2 Å². The molecule has 3 rings (SSSR count). The standard InChI is InChI=1S/C18H22N4O3/c23-13-15-7-10-21(11-8-15)18-17(2-1-9-19-18)20-12-14-3-5-16(6-4-14)22(24)25/h1-6,9,15,20,23H,7-8,10-13H2. The molecule has 0 atom stereocenters. The molecule has 1 aliphatic heterocycles. The summed E-state index contributed by atoms with van der Waals surface area (Å²) in [6.45, 7) is 2.59. The highest BCUT2D eigenvalue weighted by molar-refractivity contribution is 5.65. The maximum Gasteiger partial charge on any atom is 0.269 e. The second-order valence-electron chi connectivity index (χ2n) is 6.26. The molecule has 0 saturated carbocycles. The van der Waals surface area contributed by atoms with Gasteiger partial charge < -0.3 is 15.3 Å². The molecule has 1 aliphatic rings. The highest BCUT2D eigenvalue weighted by atomic mass is 16.6. The Balaban J connectivity index is 1.66. The minimum Gasteiger partial charge on any atom is -0.396 e. The highest BCUT2D eigenvalue weighted by Gasteiger charge is 2.21. The summed E-state index contributed by atoms with van der Waals surface area (Å²) in [5, 5.41) is 23.4. The van der Waals surface area contributed by atoms with Gasteiger partial charge in [0, 0.05) is 44.6 Å². The van der Waals surface area contributed by atoms with E-state index in [1.807, 2.05) is 12.1 Å². The fraction of sp³-hybridized carbons (Fsp3) is 0.389. The Morgan fingerprint density at radius 2 is 1.96 bits per heavy atom. The Hall–Kier alpha value is -2.67. The van der Waals surface area contributed by atoms with Gasteiger partial charge in [-0.2, -0.15) is 0 Å². The molecule has 1 saturated heterocycles. The molecule has 0 amide bonds. The number of aromatic nitrogens is 1. The normalized spacial score (nSPS) is 15.2. The van der Waals surface area contributed by atoms with Gasteiger partial charge in [-0.1, -0.05) is 12.1 Å². The van der Waals surface area contributed by atoms with Gasteiger partial charge in [0.15, 0.2) is 5.82 Å². The van der Waals surface area contributed by atoms with Crippen LogP contribution in [-0.4, -0.2) is 34.7 Å². The number of aliphatic hydroxyl groups is 1. The molecule has 7 nitrogen and oxygen atoms in total. The molecule has 2 heterocycles. The number of rotatable bonds is 6. The second-order valence-corrected chi connectivity index (χ2v) is 6.26. The van der Waals surface area contributed by atoms with E-state index in [-0.39, 0.29) is 12.3 Å². The predicted octanol–water partition coefficient (Wildman–Crippen LogP) is 2.81. The van der Waals surface area contributed by atoms with Crippen molar-refractivity contribution < 1.29 is 10.0 Å². The summed E-state index contributed by atoms with van der Waals surface area (Å²) in [4.78, 5) is 17.1. The number of pyridine rings is 1. The topological polar surface area (TPSA) is 91.5 Å². The summed E-state index contributed by atoms with van der Waals surface area (Å²) < 4.78 is 0. The lowest BCUT2D eigenvalue weighted by Crippen LogP contribution is -2.35. The van der Waals surface area contributed by atoms with E-state index in [9.17, 15) is 15.2 Å². The van der Waals surface area contributed by atoms with E-state index in [2.05, 4.69) is 15.2 Å². The van der Waals surface area contributed by atoms with Gasteiger partial charge in [-0.05, 0) is 36.5 Å². The summed E-state index contributed by atoms with van der Waals surface area (Å²) in [5.41, 5.74) is 2.01. The third-order valence-electron chi connectivity index (χ3n) is 4.59. The number of nitro benzene ring substituents is 1. The lowest BCUT2D eigenvalue weighted by molar-refractivity contribution is -0.384. The van der Waals surface area contributed by atoms with Gasteiger partial charge in [0.1, 0.15) is 0 Å². The van der Waals surface area contributed by atoms with Crippen molar-refractivity contribution in [2.75, 3.05) is 29.9 Å². The fourth-order valence-electron chi connectivity index (χ4n) is 3.05. The number of benzene rings is 1. The first-order chi connectivity index (χ1) is 12.2. The molecule has 0 unspecified atom stereocenters. The summed E-state index contributed by atoms with van der Waals surface area (Å²) in [6.07, 6.45) is 3.72. The molecule has 2 aromatic rings. The molecule has 1 aromatic carbocycles. The van der Waals surface area contributed by atoms with Crippen LogP contribution >= 0.6 is 0 Å². The largest absolute Gasteiger partial charge is 0.396 e. The molecule has 0 bridgehead atoms. The van der Waals surface area contributed by atoms with Gasteiger partial charge in [-0.15, -0.1) is 0 Å².